The lowest BCUT2D eigenvalue weighted by atomic mass is 10.3. The minimum atomic E-state index is -0.437. The molecule has 0 unspecified atom stereocenters. The second-order valence-corrected chi connectivity index (χ2v) is 4.65. The van der Waals surface area contributed by atoms with Crippen molar-refractivity contribution in [1.29, 1.82) is 0 Å². The van der Waals surface area contributed by atoms with E-state index in [2.05, 4.69) is 11.6 Å². The average molecular weight is 260 g/mol. The number of H-pyrrole nitrogens is 1. The Morgan fingerprint density at radius 1 is 1.33 bits per heavy atom. The first kappa shape index (κ1) is 12.4. The zero-order valence-electron chi connectivity index (χ0n) is 9.63. The second kappa shape index (κ2) is 5.55. The first-order chi connectivity index (χ1) is 8.72. The van der Waals surface area contributed by atoms with Gasteiger partial charge in [-0.2, -0.15) is 0 Å². The zero-order chi connectivity index (χ0) is 13.0. The number of aromatic nitrogens is 2. The van der Waals surface area contributed by atoms with Crippen molar-refractivity contribution in [2.24, 2.45) is 0 Å². The van der Waals surface area contributed by atoms with Crippen molar-refractivity contribution in [3.8, 4) is 5.69 Å². The molecule has 18 heavy (non-hydrogen) atoms. The van der Waals surface area contributed by atoms with Gasteiger partial charge in [-0.25, -0.2) is 9.36 Å². The summed E-state index contributed by atoms with van der Waals surface area (Å²) in [5.74, 6) is 0.781. The van der Waals surface area contributed by atoms with Crippen molar-refractivity contribution < 1.29 is 0 Å². The standard InChI is InChI=1S/C13H12N2O2S/c1-2-8-18-11-5-3-4-10(9-11)15-12(16)6-7-14-13(15)17/h2-7,9H,1,8H2,(H,14,17). The Bertz CT molecular complexity index is 645. The minimum Gasteiger partial charge on any atom is -0.314 e. The van der Waals surface area contributed by atoms with E-state index in [1.54, 1.807) is 23.9 Å². The molecule has 0 amide bonds. The SMILES string of the molecule is C=CCSc1cccc(-n2c(=O)cc[nH]c2=O)c1. The fourth-order valence-corrected chi connectivity index (χ4v) is 2.22. The van der Waals surface area contributed by atoms with Crippen LogP contribution < -0.4 is 11.2 Å². The summed E-state index contributed by atoms with van der Waals surface area (Å²) in [4.78, 5) is 26.8. The lowest BCUT2D eigenvalue weighted by Crippen LogP contribution is -2.32. The largest absolute Gasteiger partial charge is 0.332 e. The Morgan fingerprint density at radius 2 is 2.17 bits per heavy atom. The number of rotatable bonds is 4. The van der Waals surface area contributed by atoms with Gasteiger partial charge in [0.2, 0.25) is 0 Å². The average Bonchev–Trinajstić information content (AvgIpc) is 2.37. The zero-order valence-corrected chi connectivity index (χ0v) is 10.4. The molecule has 0 spiro atoms. The van der Waals surface area contributed by atoms with Crippen LogP contribution in [0.1, 0.15) is 0 Å². The summed E-state index contributed by atoms with van der Waals surface area (Å²) in [5, 5.41) is 0. The van der Waals surface area contributed by atoms with Crippen LogP contribution in [0, 0.1) is 0 Å². The van der Waals surface area contributed by atoms with Crippen LogP contribution in [0.25, 0.3) is 5.69 Å². The molecular formula is C13H12N2O2S. The van der Waals surface area contributed by atoms with Gasteiger partial charge >= 0.3 is 5.69 Å². The predicted molar refractivity (Wildman–Crippen MR) is 73.6 cm³/mol. The van der Waals surface area contributed by atoms with E-state index in [1.165, 1.54) is 12.3 Å². The molecule has 1 aromatic heterocycles. The summed E-state index contributed by atoms with van der Waals surface area (Å²) in [6.45, 7) is 3.65. The highest BCUT2D eigenvalue weighted by Gasteiger charge is 2.04. The van der Waals surface area contributed by atoms with Crippen molar-refractivity contribution >= 4 is 11.8 Å². The Kier molecular flexibility index (Phi) is 3.84. The second-order valence-electron chi connectivity index (χ2n) is 3.55. The molecule has 0 fully saturated rings. The molecule has 2 aromatic rings. The van der Waals surface area contributed by atoms with Crippen LogP contribution in [0.5, 0.6) is 0 Å². The van der Waals surface area contributed by atoms with Crippen LogP contribution in [-0.2, 0) is 0 Å². The molecule has 0 bridgehead atoms. The highest BCUT2D eigenvalue weighted by atomic mass is 32.2. The predicted octanol–water partition coefficient (Wildman–Crippen LogP) is 1.80. The molecule has 0 saturated carbocycles. The smallest absolute Gasteiger partial charge is 0.314 e. The van der Waals surface area contributed by atoms with Gasteiger partial charge in [-0.1, -0.05) is 12.1 Å². The molecule has 0 atom stereocenters. The third kappa shape index (κ3) is 2.62. The van der Waals surface area contributed by atoms with Gasteiger partial charge in [0.25, 0.3) is 5.56 Å². The first-order valence-corrected chi connectivity index (χ1v) is 6.36. The summed E-state index contributed by atoms with van der Waals surface area (Å²) < 4.78 is 1.11. The summed E-state index contributed by atoms with van der Waals surface area (Å²) in [7, 11) is 0. The van der Waals surface area contributed by atoms with Crippen molar-refractivity contribution in [1.82, 2.24) is 9.55 Å². The van der Waals surface area contributed by atoms with E-state index < -0.39 is 5.69 Å². The van der Waals surface area contributed by atoms with Gasteiger partial charge in [0.1, 0.15) is 0 Å². The molecule has 0 saturated heterocycles. The molecule has 0 aliphatic rings. The van der Waals surface area contributed by atoms with E-state index in [0.29, 0.717) is 5.69 Å². The van der Waals surface area contributed by atoms with Crippen LogP contribution in [0.4, 0.5) is 0 Å². The van der Waals surface area contributed by atoms with E-state index in [4.69, 9.17) is 0 Å². The van der Waals surface area contributed by atoms with Gasteiger partial charge in [0.15, 0.2) is 0 Å². The molecule has 5 heteroatoms. The van der Waals surface area contributed by atoms with E-state index in [-0.39, 0.29) is 5.56 Å². The molecule has 2 rings (SSSR count). The van der Waals surface area contributed by atoms with Crippen LogP contribution in [-0.4, -0.2) is 15.3 Å². The van der Waals surface area contributed by atoms with Crippen LogP contribution in [0.3, 0.4) is 0 Å². The van der Waals surface area contributed by atoms with Gasteiger partial charge in [0, 0.05) is 22.9 Å². The molecular weight excluding hydrogens is 248 g/mol. The van der Waals surface area contributed by atoms with Crippen LogP contribution in [0.2, 0.25) is 0 Å². The first-order valence-electron chi connectivity index (χ1n) is 5.37. The highest BCUT2D eigenvalue weighted by Crippen LogP contribution is 2.19. The van der Waals surface area contributed by atoms with Crippen molar-refractivity contribution in [2.45, 2.75) is 4.90 Å². The molecule has 92 valence electrons. The number of thioether (sulfide) groups is 1. The summed E-state index contributed by atoms with van der Waals surface area (Å²) >= 11 is 1.60. The third-order valence-electron chi connectivity index (χ3n) is 2.30. The van der Waals surface area contributed by atoms with E-state index >= 15 is 0 Å². The lowest BCUT2D eigenvalue weighted by molar-refractivity contribution is 0.873. The molecule has 4 nitrogen and oxygen atoms in total. The normalized spacial score (nSPS) is 10.2. The molecule has 0 aliphatic heterocycles. The Labute approximate surface area is 108 Å². The number of hydrogen-bond donors (Lipinski definition) is 1. The lowest BCUT2D eigenvalue weighted by Gasteiger charge is -2.05. The summed E-state index contributed by atoms with van der Waals surface area (Å²) in [5.41, 5.74) is -0.214. The monoisotopic (exact) mass is 260 g/mol. The molecule has 1 heterocycles. The van der Waals surface area contributed by atoms with Gasteiger partial charge in [-0.05, 0) is 18.2 Å². The van der Waals surface area contributed by atoms with E-state index in [9.17, 15) is 9.59 Å². The number of hydrogen-bond acceptors (Lipinski definition) is 3. The topological polar surface area (TPSA) is 54.9 Å². The Balaban J connectivity index is 2.48. The quantitative estimate of drug-likeness (QED) is 0.673. The van der Waals surface area contributed by atoms with Crippen molar-refractivity contribution in [2.75, 3.05) is 5.75 Å². The van der Waals surface area contributed by atoms with Crippen LogP contribution in [0.15, 0.2) is 63.7 Å². The summed E-state index contributed by atoms with van der Waals surface area (Å²) in [6.07, 6.45) is 3.15. The van der Waals surface area contributed by atoms with Crippen molar-refractivity contribution in [3.63, 3.8) is 0 Å². The minimum absolute atomic E-state index is 0.343. The fraction of sp³-hybridized carbons (Fsp3) is 0.0769. The van der Waals surface area contributed by atoms with E-state index in [0.717, 1.165) is 15.2 Å². The maximum atomic E-state index is 11.7. The third-order valence-corrected chi connectivity index (χ3v) is 3.29. The molecule has 0 aliphatic carbocycles. The molecule has 0 radical (unpaired) electrons. The van der Waals surface area contributed by atoms with E-state index in [1.807, 2.05) is 18.2 Å². The molecule has 1 aromatic carbocycles. The number of nitrogens with zero attached hydrogens (tertiary/aromatic N) is 1. The number of benzene rings is 1. The summed E-state index contributed by atoms with van der Waals surface area (Å²) in [6, 6.07) is 8.61. The van der Waals surface area contributed by atoms with Gasteiger partial charge < -0.3 is 4.98 Å². The fourth-order valence-electron chi connectivity index (χ4n) is 1.54. The van der Waals surface area contributed by atoms with Crippen LogP contribution >= 0.6 is 11.8 Å². The Morgan fingerprint density at radius 3 is 2.89 bits per heavy atom. The maximum Gasteiger partial charge on any atom is 0.332 e. The Hall–Kier alpha value is -2.01. The highest BCUT2D eigenvalue weighted by molar-refractivity contribution is 7.99. The number of aromatic amines is 1. The van der Waals surface area contributed by atoms with Gasteiger partial charge in [-0.15, -0.1) is 18.3 Å². The maximum absolute atomic E-state index is 11.7. The van der Waals surface area contributed by atoms with Crippen molar-refractivity contribution in [3.05, 3.63) is 70.0 Å². The molecule has 1 N–H and O–H groups in total. The number of nitrogens with one attached hydrogen (secondary N) is 1. The van der Waals surface area contributed by atoms with Gasteiger partial charge in [-0.3, -0.25) is 4.79 Å². The van der Waals surface area contributed by atoms with Gasteiger partial charge in [0.05, 0.1) is 5.69 Å².